The molecule has 39 heavy (non-hydrogen) atoms. The number of anilines is 1. The van der Waals surface area contributed by atoms with E-state index in [1.165, 1.54) is 51.4 Å². The number of nitrogens with one attached hydrogen (secondary N) is 1. The molecular weight excluding hydrogens is 497 g/mol. The Morgan fingerprint density at radius 2 is 1.33 bits per heavy atom. The van der Waals surface area contributed by atoms with Crippen LogP contribution in [0.25, 0.3) is 0 Å². The monoisotopic (exact) mass is 544 g/mol. The second kappa shape index (κ2) is 16.1. The number of nitrogens with two attached hydrogens (primary N) is 1. The minimum absolute atomic E-state index is 0.0280. The quantitative estimate of drug-likeness (QED) is 0.207. The number of rotatable bonds is 16. The Kier molecular flexibility index (Phi) is 12.8. The number of unbranched alkanes of at least 4 members (excludes halogenated alkanes) is 9. The van der Waals surface area contributed by atoms with Gasteiger partial charge in [-0.15, -0.1) is 0 Å². The van der Waals surface area contributed by atoms with Crippen LogP contribution in [0.2, 0.25) is 0 Å². The number of amides is 1. The lowest BCUT2D eigenvalue weighted by Crippen LogP contribution is -2.25. The highest BCUT2D eigenvalue weighted by atomic mass is 19.4. The largest absolute Gasteiger partial charge is 0.416 e. The fraction of sp³-hybridized carbons (Fsp3) is 0.606. The standard InChI is InChI=1S/C33H47F3N2O/c1-2-3-4-5-6-7-8-9-10-11-16-30(39)38-29-23-19-27(20-24-29)32(37)31(25-14-12-13-15-25)26-17-21-28(22-18-26)33(34,35)36/h17-25,31-32H,2-16,37H2,1H3,(H,38,39). The first-order valence-corrected chi connectivity index (χ1v) is 15.1. The lowest BCUT2D eigenvalue weighted by atomic mass is 9.77. The highest BCUT2D eigenvalue weighted by Crippen LogP contribution is 2.44. The Morgan fingerprint density at radius 3 is 1.87 bits per heavy atom. The first kappa shape index (κ1) is 31.2. The number of hydrogen-bond donors (Lipinski definition) is 2. The van der Waals surface area contributed by atoms with Crippen molar-refractivity contribution in [1.82, 2.24) is 0 Å². The number of alkyl halides is 3. The van der Waals surface area contributed by atoms with Crippen LogP contribution in [0, 0.1) is 5.92 Å². The third-order valence-corrected chi connectivity index (χ3v) is 8.25. The zero-order valence-corrected chi connectivity index (χ0v) is 23.6. The summed E-state index contributed by atoms with van der Waals surface area (Å²) in [7, 11) is 0. The molecule has 0 spiro atoms. The third-order valence-electron chi connectivity index (χ3n) is 8.25. The van der Waals surface area contributed by atoms with Crippen LogP contribution in [0.1, 0.15) is 132 Å². The molecule has 3 rings (SSSR count). The van der Waals surface area contributed by atoms with Gasteiger partial charge < -0.3 is 11.1 Å². The molecule has 2 aromatic rings. The maximum atomic E-state index is 13.1. The number of carbonyl (C=O) groups excluding carboxylic acids is 1. The van der Waals surface area contributed by atoms with E-state index >= 15 is 0 Å². The van der Waals surface area contributed by atoms with Crippen molar-refractivity contribution in [2.75, 3.05) is 5.32 Å². The van der Waals surface area contributed by atoms with E-state index in [0.29, 0.717) is 12.3 Å². The molecule has 0 bridgehead atoms. The van der Waals surface area contributed by atoms with Gasteiger partial charge in [-0.25, -0.2) is 0 Å². The SMILES string of the molecule is CCCCCCCCCCCCC(=O)Nc1ccc(C(N)C(c2ccc(C(F)(F)F)cc2)C2CCCC2)cc1. The smallest absolute Gasteiger partial charge is 0.326 e. The summed E-state index contributed by atoms with van der Waals surface area (Å²) in [5.74, 6) is 0.323. The predicted octanol–water partition coefficient (Wildman–Crippen LogP) is 9.93. The number of hydrogen-bond acceptors (Lipinski definition) is 2. The van der Waals surface area contributed by atoms with Crippen LogP contribution in [0.5, 0.6) is 0 Å². The molecule has 3 N–H and O–H groups in total. The fourth-order valence-electron chi connectivity index (χ4n) is 5.98. The van der Waals surface area contributed by atoms with Gasteiger partial charge in [-0.05, 0) is 60.6 Å². The molecular formula is C33H47F3N2O. The summed E-state index contributed by atoms with van der Waals surface area (Å²) in [5.41, 5.74) is 8.66. The molecule has 1 aliphatic carbocycles. The topological polar surface area (TPSA) is 55.1 Å². The molecule has 6 heteroatoms. The summed E-state index contributed by atoms with van der Waals surface area (Å²) in [4.78, 5) is 12.4. The Balaban J connectivity index is 1.48. The lowest BCUT2D eigenvalue weighted by Gasteiger charge is -2.30. The fourth-order valence-corrected chi connectivity index (χ4v) is 5.98. The van der Waals surface area contributed by atoms with Crippen LogP contribution in [0.3, 0.4) is 0 Å². The average Bonchev–Trinajstić information content (AvgIpc) is 3.44. The Labute approximate surface area is 233 Å². The van der Waals surface area contributed by atoms with Crippen molar-refractivity contribution in [2.45, 2.75) is 121 Å². The molecule has 2 unspecified atom stereocenters. The lowest BCUT2D eigenvalue weighted by molar-refractivity contribution is -0.137. The Morgan fingerprint density at radius 1 is 0.821 bits per heavy atom. The van der Waals surface area contributed by atoms with E-state index in [-0.39, 0.29) is 17.9 Å². The molecule has 0 saturated heterocycles. The molecule has 1 amide bonds. The van der Waals surface area contributed by atoms with E-state index in [0.717, 1.165) is 67.5 Å². The van der Waals surface area contributed by atoms with Crippen molar-refractivity contribution in [1.29, 1.82) is 0 Å². The third kappa shape index (κ3) is 10.3. The summed E-state index contributed by atoms with van der Waals surface area (Å²) in [6, 6.07) is 12.8. The minimum atomic E-state index is -4.35. The van der Waals surface area contributed by atoms with Crippen molar-refractivity contribution in [2.24, 2.45) is 11.7 Å². The van der Waals surface area contributed by atoms with Gasteiger partial charge in [0.25, 0.3) is 0 Å². The molecule has 0 radical (unpaired) electrons. The zero-order valence-electron chi connectivity index (χ0n) is 23.6. The molecule has 1 fully saturated rings. The number of halogens is 3. The van der Waals surface area contributed by atoms with Crippen molar-refractivity contribution in [3.8, 4) is 0 Å². The van der Waals surface area contributed by atoms with Crippen LogP contribution >= 0.6 is 0 Å². The molecule has 1 saturated carbocycles. The normalized spacial score (nSPS) is 15.8. The summed E-state index contributed by atoms with van der Waals surface area (Å²) >= 11 is 0. The molecule has 216 valence electrons. The summed E-state index contributed by atoms with van der Waals surface area (Å²) in [5, 5.41) is 2.99. The molecule has 2 atom stereocenters. The highest BCUT2D eigenvalue weighted by Gasteiger charge is 2.34. The maximum absolute atomic E-state index is 13.1. The second-order valence-corrected chi connectivity index (χ2v) is 11.3. The van der Waals surface area contributed by atoms with Crippen LogP contribution in [0.15, 0.2) is 48.5 Å². The van der Waals surface area contributed by atoms with Crippen molar-refractivity contribution >= 4 is 11.6 Å². The van der Waals surface area contributed by atoms with E-state index in [2.05, 4.69) is 12.2 Å². The summed E-state index contributed by atoms with van der Waals surface area (Å²) in [6.07, 6.45) is 12.9. The van der Waals surface area contributed by atoms with Crippen LogP contribution in [0.4, 0.5) is 18.9 Å². The van der Waals surface area contributed by atoms with E-state index in [1.807, 2.05) is 24.3 Å². The molecule has 0 aromatic heterocycles. The second-order valence-electron chi connectivity index (χ2n) is 11.3. The molecule has 3 nitrogen and oxygen atoms in total. The number of carbonyl (C=O) groups is 1. The van der Waals surface area contributed by atoms with Gasteiger partial charge in [-0.1, -0.05) is 102 Å². The summed E-state index contributed by atoms with van der Waals surface area (Å²) in [6.45, 7) is 2.24. The zero-order chi connectivity index (χ0) is 28.1. The summed E-state index contributed by atoms with van der Waals surface area (Å²) < 4.78 is 39.3. The van der Waals surface area contributed by atoms with Crippen LogP contribution in [-0.4, -0.2) is 5.91 Å². The van der Waals surface area contributed by atoms with Crippen molar-refractivity contribution in [3.05, 3.63) is 65.2 Å². The first-order chi connectivity index (χ1) is 18.8. The first-order valence-electron chi connectivity index (χ1n) is 15.1. The van der Waals surface area contributed by atoms with E-state index in [1.54, 1.807) is 12.1 Å². The average molecular weight is 545 g/mol. The highest BCUT2D eigenvalue weighted by molar-refractivity contribution is 5.90. The number of benzene rings is 2. The van der Waals surface area contributed by atoms with Gasteiger partial charge >= 0.3 is 6.18 Å². The van der Waals surface area contributed by atoms with Crippen LogP contribution < -0.4 is 11.1 Å². The Bertz CT molecular complexity index is 966. The van der Waals surface area contributed by atoms with Gasteiger partial charge in [0.2, 0.25) is 5.91 Å². The molecule has 2 aromatic carbocycles. The van der Waals surface area contributed by atoms with Gasteiger partial charge in [0.05, 0.1) is 5.56 Å². The molecule has 0 aliphatic heterocycles. The van der Waals surface area contributed by atoms with Gasteiger partial charge in [-0.2, -0.15) is 13.2 Å². The minimum Gasteiger partial charge on any atom is -0.326 e. The predicted molar refractivity (Wildman–Crippen MR) is 155 cm³/mol. The van der Waals surface area contributed by atoms with E-state index in [9.17, 15) is 18.0 Å². The van der Waals surface area contributed by atoms with Crippen LogP contribution in [-0.2, 0) is 11.0 Å². The Hall–Kier alpha value is -2.34. The van der Waals surface area contributed by atoms with Gasteiger partial charge in [0, 0.05) is 24.1 Å². The van der Waals surface area contributed by atoms with Gasteiger partial charge in [-0.3, -0.25) is 4.79 Å². The van der Waals surface area contributed by atoms with Crippen molar-refractivity contribution in [3.63, 3.8) is 0 Å². The van der Waals surface area contributed by atoms with Gasteiger partial charge in [0.1, 0.15) is 0 Å². The molecule has 0 heterocycles. The molecule has 1 aliphatic rings. The maximum Gasteiger partial charge on any atom is 0.416 e. The van der Waals surface area contributed by atoms with Crippen molar-refractivity contribution < 1.29 is 18.0 Å². The van der Waals surface area contributed by atoms with E-state index in [4.69, 9.17) is 5.73 Å². The van der Waals surface area contributed by atoms with E-state index < -0.39 is 11.7 Å². The van der Waals surface area contributed by atoms with Gasteiger partial charge in [0.15, 0.2) is 0 Å².